The summed E-state index contributed by atoms with van der Waals surface area (Å²) in [4.78, 5) is 30.3. The van der Waals surface area contributed by atoms with Gasteiger partial charge in [-0.05, 0) is 36.8 Å². The van der Waals surface area contributed by atoms with Crippen molar-refractivity contribution in [3.63, 3.8) is 0 Å². The smallest absolute Gasteiger partial charge is 0.255 e. The fourth-order valence-electron chi connectivity index (χ4n) is 4.77. The van der Waals surface area contributed by atoms with Crippen LogP contribution in [0.2, 0.25) is 0 Å². The molecule has 0 bridgehead atoms. The van der Waals surface area contributed by atoms with Crippen molar-refractivity contribution in [1.82, 2.24) is 19.9 Å². The molecule has 3 atom stereocenters. The molecular weight excluding hydrogens is 381 g/mol. The van der Waals surface area contributed by atoms with E-state index in [0.29, 0.717) is 12.1 Å². The molecule has 1 aromatic carbocycles. The number of fused-ring (bicyclic) bond motifs is 1. The average Bonchev–Trinajstić information content (AvgIpc) is 3.32. The number of aromatic nitrogens is 3. The summed E-state index contributed by atoms with van der Waals surface area (Å²) in [6.07, 6.45) is 6.74. The molecule has 2 aliphatic heterocycles. The Bertz CT molecular complexity index is 1060. The summed E-state index contributed by atoms with van der Waals surface area (Å²) in [5.41, 5.74) is 2.26. The van der Waals surface area contributed by atoms with Crippen molar-refractivity contribution in [3.8, 4) is 0 Å². The molecule has 5 rings (SSSR count). The lowest BCUT2D eigenvalue weighted by atomic mass is 9.89. The minimum atomic E-state index is -0.288. The zero-order valence-corrected chi connectivity index (χ0v) is 16.6. The van der Waals surface area contributed by atoms with Crippen molar-refractivity contribution in [2.75, 3.05) is 24.5 Å². The highest BCUT2D eigenvalue weighted by atomic mass is 19.1. The molecule has 0 radical (unpaired) electrons. The molecule has 0 aliphatic carbocycles. The minimum Gasteiger partial charge on any atom is -0.355 e. The molecule has 0 unspecified atom stereocenters. The second-order valence-electron chi connectivity index (χ2n) is 8.04. The Labute approximate surface area is 174 Å². The normalized spacial score (nSPS) is 22.9. The summed E-state index contributed by atoms with van der Waals surface area (Å²) in [5.74, 6) is 0.964. The molecular formula is C23H22FN5O. The van der Waals surface area contributed by atoms with E-state index in [-0.39, 0.29) is 29.6 Å². The number of carbonyl (C=O) groups is 1. The monoisotopic (exact) mass is 403 g/mol. The number of nitrogens with zero attached hydrogens (tertiary/aromatic N) is 5. The molecule has 0 saturated carbocycles. The summed E-state index contributed by atoms with van der Waals surface area (Å²) in [6.45, 7) is 4.06. The van der Waals surface area contributed by atoms with Gasteiger partial charge in [-0.25, -0.2) is 9.37 Å². The number of amides is 1. The molecule has 4 heterocycles. The van der Waals surface area contributed by atoms with Gasteiger partial charge in [0, 0.05) is 55.8 Å². The molecule has 2 aliphatic rings. The first kappa shape index (κ1) is 18.7. The number of halogens is 1. The van der Waals surface area contributed by atoms with Gasteiger partial charge in [0.1, 0.15) is 11.6 Å². The molecule has 2 fully saturated rings. The van der Waals surface area contributed by atoms with Crippen LogP contribution in [0, 0.1) is 24.6 Å². The fourth-order valence-corrected chi connectivity index (χ4v) is 4.77. The Morgan fingerprint density at radius 3 is 2.70 bits per heavy atom. The maximum atomic E-state index is 14.1. The Balaban J connectivity index is 1.48. The number of benzene rings is 1. The van der Waals surface area contributed by atoms with Gasteiger partial charge in [0.25, 0.3) is 5.91 Å². The van der Waals surface area contributed by atoms with Crippen LogP contribution in [0.15, 0.2) is 61.2 Å². The number of aryl methyl sites for hydroxylation is 1. The van der Waals surface area contributed by atoms with Crippen LogP contribution in [-0.4, -0.2) is 45.4 Å². The van der Waals surface area contributed by atoms with E-state index in [4.69, 9.17) is 0 Å². The zero-order valence-electron chi connectivity index (χ0n) is 16.6. The van der Waals surface area contributed by atoms with Crippen molar-refractivity contribution in [1.29, 1.82) is 0 Å². The number of hydrogen-bond donors (Lipinski definition) is 0. The van der Waals surface area contributed by atoms with E-state index in [1.165, 1.54) is 6.07 Å². The Morgan fingerprint density at radius 1 is 1.07 bits per heavy atom. The van der Waals surface area contributed by atoms with Crippen LogP contribution >= 0.6 is 0 Å². The average molecular weight is 403 g/mol. The van der Waals surface area contributed by atoms with Gasteiger partial charge in [-0.3, -0.25) is 14.8 Å². The summed E-state index contributed by atoms with van der Waals surface area (Å²) in [7, 11) is 0. The SMILES string of the molecule is Cc1ccc(C(=O)N2C[C@@H]3CN(c4cnccn4)C[C@@H]3[C@@H]2c2cccc(F)c2)cn1. The lowest BCUT2D eigenvalue weighted by molar-refractivity contribution is 0.0715. The van der Waals surface area contributed by atoms with E-state index in [2.05, 4.69) is 19.9 Å². The largest absolute Gasteiger partial charge is 0.355 e. The molecule has 2 aromatic heterocycles. The maximum absolute atomic E-state index is 14.1. The predicted octanol–water partition coefficient (Wildman–Crippen LogP) is 3.27. The molecule has 30 heavy (non-hydrogen) atoms. The zero-order chi connectivity index (χ0) is 20.7. The van der Waals surface area contributed by atoms with E-state index in [9.17, 15) is 9.18 Å². The van der Waals surface area contributed by atoms with Crippen molar-refractivity contribution in [3.05, 3.63) is 83.8 Å². The minimum absolute atomic E-state index is 0.0581. The van der Waals surface area contributed by atoms with Crippen LogP contribution in [0.25, 0.3) is 0 Å². The fraction of sp³-hybridized carbons (Fsp3) is 0.304. The van der Waals surface area contributed by atoms with Crippen LogP contribution in [0.5, 0.6) is 0 Å². The third-order valence-corrected chi connectivity index (χ3v) is 6.15. The number of likely N-dealkylation sites (tertiary alicyclic amines) is 1. The quantitative estimate of drug-likeness (QED) is 0.672. The van der Waals surface area contributed by atoms with Gasteiger partial charge in [0.2, 0.25) is 0 Å². The van der Waals surface area contributed by atoms with Gasteiger partial charge in [-0.1, -0.05) is 12.1 Å². The number of carbonyl (C=O) groups excluding carboxylic acids is 1. The maximum Gasteiger partial charge on any atom is 0.255 e. The molecule has 2 saturated heterocycles. The number of hydrogen-bond acceptors (Lipinski definition) is 5. The van der Waals surface area contributed by atoms with Crippen LogP contribution in [0.4, 0.5) is 10.2 Å². The van der Waals surface area contributed by atoms with Gasteiger partial charge in [0.15, 0.2) is 0 Å². The predicted molar refractivity (Wildman–Crippen MR) is 110 cm³/mol. The van der Waals surface area contributed by atoms with Crippen LogP contribution in [0.1, 0.15) is 27.7 Å². The molecule has 1 amide bonds. The standard InChI is InChI=1S/C23H22FN5O/c1-15-5-6-17(10-27-15)23(30)29-13-18-12-28(21-11-25-7-8-26-21)14-20(18)22(29)16-3-2-4-19(24)9-16/h2-11,18,20,22H,12-14H2,1H3/t18-,20-,22-/m0/s1. The highest BCUT2D eigenvalue weighted by Gasteiger charge is 2.49. The van der Waals surface area contributed by atoms with E-state index in [1.54, 1.807) is 36.9 Å². The van der Waals surface area contributed by atoms with Crippen LogP contribution < -0.4 is 4.90 Å². The lowest BCUT2D eigenvalue weighted by Gasteiger charge is -2.30. The van der Waals surface area contributed by atoms with E-state index < -0.39 is 0 Å². The first-order chi connectivity index (χ1) is 14.6. The van der Waals surface area contributed by atoms with E-state index in [0.717, 1.165) is 30.2 Å². The van der Waals surface area contributed by atoms with Crippen molar-refractivity contribution < 1.29 is 9.18 Å². The molecule has 0 N–H and O–H groups in total. The Kier molecular flexibility index (Phi) is 4.65. The summed E-state index contributed by atoms with van der Waals surface area (Å²) in [5, 5.41) is 0. The summed E-state index contributed by atoms with van der Waals surface area (Å²) >= 11 is 0. The van der Waals surface area contributed by atoms with Gasteiger partial charge >= 0.3 is 0 Å². The second kappa shape index (κ2) is 7.48. The van der Waals surface area contributed by atoms with Gasteiger partial charge in [-0.15, -0.1) is 0 Å². The van der Waals surface area contributed by atoms with Gasteiger partial charge in [-0.2, -0.15) is 0 Å². The summed E-state index contributed by atoms with van der Waals surface area (Å²) < 4.78 is 14.1. The van der Waals surface area contributed by atoms with E-state index in [1.807, 2.05) is 30.0 Å². The Hall–Kier alpha value is -3.35. The van der Waals surface area contributed by atoms with Crippen LogP contribution in [-0.2, 0) is 0 Å². The summed E-state index contributed by atoms with van der Waals surface area (Å²) in [6, 6.07) is 10.1. The number of anilines is 1. The molecule has 152 valence electrons. The Morgan fingerprint density at radius 2 is 1.97 bits per heavy atom. The van der Waals surface area contributed by atoms with Gasteiger partial charge in [0.05, 0.1) is 17.8 Å². The molecule has 3 aromatic rings. The van der Waals surface area contributed by atoms with Crippen molar-refractivity contribution >= 4 is 11.7 Å². The first-order valence-electron chi connectivity index (χ1n) is 10.1. The second-order valence-corrected chi connectivity index (χ2v) is 8.04. The van der Waals surface area contributed by atoms with E-state index >= 15 is 0 Å². The topological polar surface area (TPSA) is 62.2 Å². The third kappa shape index (κ3) is 3.30. The highest BCUT2D eigenvalue weighted by molar-refractivity contribution is 5.94. The van der Waals surface area contributed by atoms with Gasteiger partial charge < -0.3 is 9.80 Å². The van der Waals surface area contributed by atoms with Crippen LogP contribution in [0.3, 0.4) is 0 Å². The number of rotatable bonds is 3. The first-order valence-corrected chi connectivity index (χ1v) is 10.1. The lowest BCUT2D eigenvalue weighted by Crippen LogP contribution is -2.36. The molecule has 6 nitrogen and oxygen atoms in total. The van der Waals surface area contributed by atoms with Crippen molar-refractivity contribution in [2.45, 2.75) is 13.0 Å². The van der Waals surface area contributed by atoms with Crippen molar-refractivity contribution in [2.24, 2.45) is 11.8 Å². The number of pyridine rings is 1. The highest BCUT2D eigenvalue weighted by Crippen LogP contribution is 2.46. The molecule has 0 spiro atoms. The molecule has 7 heteroatoms. The third-order valence-electron chi connectivity index (χ3n) is 6.15.